The summed E-state index contributed by atoms with van der Waals surface area (Å²) in [6.07, 6.45) is 2.76. The predicted molar refractivity (Wildman–Crippen MR) is 69.5 cm³/mol. The summed E-state index contributed by atoms with van der Waals surface area (Å²) in [7, 11) is 1.48. The van der Waals surface area contributed by atoms with Gasteiger partial charge in [-0.3, -0.25) is 0 Å². The number of hydrogen-bond acceptors (Lipinski definition) is 4. The van der Waals surface area contributed by atoms with E-state index < -0.39 is 0 Å². The summed E-state index contributed by atoms with van der Waals surface area (Å²) in [5.74, 6) is 0.300. The fourth-order valence-electron chi connectivity index (χ4n) is 1.64. The van der Waals surface area contributed by atoms with Crippen molar-refractivity contribution in [2.75, 3.05) is 13.7 Å². The van der Waals surface area contributed by atoms with Crippen molar-refractivity contribution in [2.45, 2.75) is 25.3 Å². The normalized spacial score (nSPS) is 12.5. The van der Waals surface area contributed by atoms with E-state index in [1.54, 1.807) is 12.1 Å². The highest BCUT2D eigenvalue weighted by Gasteiger charge is 2.13. The summed E-state index contributed by atoms with van der Waals surface area (Å²) in [4.78, 5) is 0. The molecule has 5 N–H and O–H groups in total. The Hall–Kier alpha value is -0.970. The summed E-state index contributed by atoms with van der Waals surface area (Å²) in [5.41, 5.74) is 12.3. The second-order valence-electron chi connectivity index (χ2n) is 3.94. The molecule has 0 spiro atoms. The van der Waals surface area contributed by atoms with Gasteiger partial charge in [-0.15, -0.1) is 0 Å². The lowest BCUT2D eigenvalue weighted by Crippen LogP contribution is -2.11. The van der Waals surface area contributed by atoms with Gasteiger partial charge in [0.1, 0.15) is 0 Å². The number of rotatable bonds is 6. The van der Waals surface area contributed by atoms with E-state index in [2.05, 4.69) is 0 Å². The van der Waals surface area contributed by atoms with E-state index in [1.807, 2.05) is 0 Å². The fraction of sp³-hybridized carbons (Fsp3) is 0.500. The van der Waals surface area contributed by atoms with Crippen molar-refractivity contribution in [2.24, 2.45) is 11.5 Å². The standard InChI is InChI=1S/C12H19ClN2O2/c1-17-11-7-8(6-9(13)12(11)16)10(15)4-2-3-5-14/h6-7,10,16H,2-5,14-15H2,1H3/t10-/m1/s1. The van der Waals surface area contributed by atoms with E-state index >= 15 is 0 Å². The van der Waals surface area contributed by atoms with Gasteiger partial charge in [-0.2, -0.15) is 0 Å². The minimum absolute atomic E-state index is 0.0490. The Morgan fingerprint density at radius 2 is 2.12 bits per heavy atom. The molecule has 4 nitrogen and oxygen atoms in total. The summed E-state index contributed by atoms with van der Waals surface area (Å²) in [6.45, 7) is 0.673. The third-order valence-electron chi connectivity index (χ3n) is 2.67. The molecule has 0 radical (unpaired) electrons. The summed E-state index contributed by atoms with van der Waals surface area (Å²) < 4.78 is 5.03. The first-order valence-electron chi connectivity index (χ1n) is 5.62. The number of benzene rings is 1. The molecule has 1 aromatic rings. The second kappa shape index (κ2) is 6.69. The average molecular weight is 259 g/mol. The highest BCUT2D eigenvalue weighted by atomic mass is 35.5. The van der Waals surface area contributed by atoms with Gasteiger partial charge in [0.2, 0.25) is 0 Å². The lowest BCUT2D eigenvalue weighted by molar-refractivity contribution is 0.372. The van der Waals surface area contributed by atoms with Gasteiger partial charge in [0.05, 0.1) is 12.1 Å². The Labute approximate surface area is 107 Å². The topological polar surface area (TPSA) is 81.5 Å². The van der Waals surface area contributed by atoms with Crippen LogP contribution in [0.4, 0.5) is 0 Å². The Morgan fingerprint density at radius 3 is 2.71 bits per heavy atom. The van der Waals surface area contributed by atoms with Crippen LogP contribution < -0.4 is 16.2 Å². The lowest BCUT2D eigenvalue weighted by atomic mass is 10.0. The molecule has 0 aromatic heterocycles. The molecule has 5 heteroatoms. The van der Waals surface area contributed by atoms with E-state index in [-0.39, 0.29) is 16.8 Å². The summed E-state index contributed by atoms with van der Waals surface area (Å²) in [5, 5.41) is 9.86. The highest BCUT2D eigenvalue weighted by Crippen LogP contribution is 2.36. The van der Waals surface area contributed by atoms with Crippen molar-refractivity contribution in [3.05, 3.63) is 22.7 Å². The molecule has 1 aromatic carbocycles. The van der Waals surface area contributed by atoms with Crippen LogP contribution in [-0.2, 0) is 0 Å². The number of ether oxygens (including phenoxy) is 1. The van der Waals surface area contributed by atoms with Crippen LogP contribution in [-0.4, -0.2) is 18.8 Å². The number of aromatic hydroxyl groups is 1. The molecule has 0 bridgehead atoms. The number of methoxy groups -OCH3 is 1. The Morgan fingerprint density at radius 1 is 1.41 bits per heavy atom. The molecule has 0 saturated carbocycles. The zero-order valence-corrected chi connectivity index (χ0v) is 10.7. The van der Waals surface area contributed by atoms with Gasteiger partial charge in [0.15, 0.2) is 11.5 Å². The molecule has 0 unspecified atom stereocenters. The van der Waals surface area contributed by atoms with Crippen molar-refractivity contribution in [1.29, 1.82) is 0 Å². The first kappa shape index (κ1) is 14.1. The zero-order valence-electron chi connectivity index (χ0n) is 9.95. The molecule has 1 rings (SSSR count). The van der Waals surface area contributed by atoms with Crippen LogP contribution in [0.25, 0.3) is 0 Å². The number of unbranched alkanes of at least 4 members (excludes halogenated alkanes) is 1. The maximum absolute atomic E-state index is 9.60. The van der Waals surface area contributed by atoms with Crippen molar-refractivity contribution in [1.82, 2.24) is 0 Å². The molecule has 0 heterocycles. The van der Waals surface area contributed by atoms with E-state index in [1.165, 1.54) is 7.11 Å². The average Bonchev–Trinajstić information content (AvgIpc) is 2.32. The molecule has 96 valence electrons. The largest absolute Gasteiger partial charge is 0.503 e. The maximum Gasteiger partial charge on any atom is 0.176 e. The molecule has 0 saturated heterocycles. The molecular weight excluding hydrogens is 240 g/mol. The number of hydrogen-bond donors (Lipinski definition) is 3. The van der Waals surface area contributed by atoms with Crippen LogP contribution in [0.1, 0.15) is 30.9 Å². The van der Waals surface area contributed by atoms with Gasteiger partial charge in [-0.05, 0) is 37.1 Å². The first-order chi connectivity index (χ1) is 8.10. The molecule has 0 aliphatic rings. The Balaban J connectivity index is 2.79. The quantitative estimate of drug-likeness (QED) is 0.683. The smallest absolute Gasteiger partial charge is 0.176 e. The third-order valence-corrected chi connectivity index (χ3v) is 2.96. The van der Waals surface area contributed by atoms with E-state index in [9.17, 15) is 5.11 Å². The predicted octanol–water partition coefficient (Wildman–Crippen LogP) is 2.18. The van der Waals surface area contributed by atoms with Crippen LogP contribution in [0.2, 0.25) is 5.02 Å². The Bertz CT molecular complexity index is 372. The van der Waals surface area contributed by atoms with E-state index in [0.717, 1.165) is 24.8 Å². The van der Waals surface area contributed by atoms with Crippen LogP contribution in [0.3, 0.4) is 0 Å². The molecule has 0 aliphatic heterocycles. The van der Waals surface area contributed by atoms with Crippen LogP contribution in [0, 0.1) is 0 Å². The van der Waals surface area contributed by atoms with Gasteiger partial charge in [0, 0.05) is 6.04 Å². The van der Waals surface area contributed by atoms with Crippen molar-refractivity contribution in [3.8, 4) is 11.5 Å². The van der Waals surface area contributed by atoms with Gasteiger partial charge >= 0.3 is 0 Å². The van der Waals surface area contributed by atoms with Gasteiger partial charge in [-0.1, -0.05) is 18.0 Å². The third kappa shape index (κ3) is 3.77. The van der Waals surface area contributed by atoms with E-state index in [0.29, 0.717) is 12.3 Å². The van der Waals surface area contributed by atoms with Crippen molar-refractivity contribution >= 4 is 11.6 Å². The lowest BCUT2D eigenvalue weighted by Gasteiger charge is -2.14. The molecule has 17 heavy (non-hydrogen) atoms. The highest BCUT2D eigenvalue weighted by molar-refractivity contribution is 6.32. The maximum atomic E-state index is 9.60. The number of phenolic OH excluding ortho intramolecular Hbond substituents is 1. The minimum Gasteiger partial charge on any atom is -0.503 e. The minimum atomic E-state index is -0.117. The SMILES string of the molecule is COc1cc([C@H](N)CCCCN)cc(Cl)c1O. The molecule has 0 amide bonds. The van der Waals surface area contributed by atoms with Gasteiger partial charge in [0.25, 0.3) is 0 Å². The molecule has 0 aliphatic carbocycles. The Kier molecular flexibility index (Phi) is 5.55. The second-order valence-corrected chi connectivity index (χ2v) is 4.35. The van der Waals surface area contributed by atoms with Crippen molar-refractivity contribution in [3.63, 3.8) is 0 Å². The fourth-order valence-corrected chi connectivity index (χ4v) is 1.86. The van der Waals surface area contributed by atoms with Crippen LogP contribution in [0.15, 0.2) is 12.1 Å². The molecular formula is C12H19ClN2O2. The van der Waals surface area contributed by atoms with Crippen LogP contribution >= 0.6 is 11.6 Å². The first-order valence-corrected chi connectivity index (χ1v) is 6.00. The van der Waals surface area contributed by atoms with E-state index in [4.69, 9.17) is 27.8 Å². The number of halogens is 1. The summed E-state index contributed by atoms with van der Waals surface area (Å²) >= 11 is 5.90. The number of phenols is 1. The monoisotopic (exact) mass is 258 g/mol. The summed E-state index contributed by atoms with van der Waals surface area (Å²) in [6, 6.07) is 3.27. The molecule has 0 fully saturated rings. The zero-order chi connectivity index (χ0) is 12.8. The van der Waals surface area contributed by atoms with Crippen molar-refractivity contribution < 1.29 is 9.84 Å². The number of nitrogens with two attached hydrogens (primary N) is 2. The van der Waals surface area contributed by atoms with Gasteiger partial charge in [-0.25, -0.2) is 0 Å². The van der Waals surface area contributed by atoms with Crippen LogP contribution in [0.5, 0.6) is 11.5 Å². The van der Waals surface area contributed by atoms with Gasteiger partial charge < -0.3 is 21.3 Å². The molecule has 1 atom stereocenters.